The lowest BCUT2D eigenvalue weighted by Crippen LogP contribution is -2.17. The van der Waals surface area contributed by atoms with Gasteiger partial charge in [0.15, 0.2) is 12.6 Å². The highest BCUT2D eigenvalue weighted by atomic mass is 19.4. The molecule has 0 saturated heterocycles. The van der Waals surface area contributed by atoms with Crippen molar-refractivity contribution in [2.75, 3.05) is 34.2 Å². The third-order valence-electron chi connectivity index (χ3n) is 2.42. The summed E-state index contributed by atoms with van der Waals surface area (Å²) >= 11 is 0. The zero-order valence-electron chi connectivity index (χ0n) is 11.8. The molecule has 0 N–H and O–H groups in total. The first-order valence-corrected chi connectivity index (χ1v) is 6.11. The minimum atomic E-state index is -4.66. The predicted molar refractivity (Wildman–Crippen MR) is 70.2 cm³/mol. The van der Waals surface area contributed by atoms with Gasteiger partial charge in [-0.1, -0.05) is 30.3 Å². The molecular formula is C14H17F3O4. The molecule has 0 radical (unpaired) electrons. The van der Waals surface area contributed by atoms with E-state index >= 15 is 0 Å². The van der Waals surface area contributed by atoms with Gasteiger partial charge in [-0.25, -0.2) is 0 Å². The average Bonchev–Trinajstić information content (AvgIpc) is 2.45. The van der Waals surface area contributed by atoms with Gasteiger partial charge < -0.3 is 18.9 Å². The molecule has 0 aliphatic carbocycles. The van der Waals surface area contributed by atoms with Gasteiger partial charge in [-0.3, -0.25) is 0 Å². The molecule has 4 nitrogen and oxygen atoms in total. The zero-order valence-corrected chi connectivity index (χ0v) is 11.8. The normalized spacial score (nSPS) is 12.8. The molecule has 7 heteroatoms. The largest absolute Gasteiger partial charge is 0.490 e. The van der Waals surface area contributed by atoms with Crippen molar-refractivity contribution in [3.8, 4) is 0 Å². The molecule has 0 aliphatic heterocycles. The summed E-state index contributed by atoms with van der Waals surface area (Å²) in [4.78, 5) is 0. The number of halogens is 3. The van der Waals surface area contributed by atoms with Crippen LogP contribution in [0.1, 0.15) is 5.56 Å². The standard InChI is InChI=1S/C14H17F3O4/c1-18-8-9-20-10-21-12(11-6-4-3-5-7-11)13(19-2)14(15,16)17/h3-7H,8-10H2,1-2H3/b13-12+. The summed E-state index contributed by atoms with van der Waals surface area (Å²) in [5, 5.41) is 0. The lowest BCUT2D eigenvalue weighted by molar-refractivity contribution is -0.128. The van der Waals surface area contributed by atoms with Crippen molar-refractivity contribution in [3.63, 3.8) is 0 Å². The molecule has 0 spiro atoms. The van der Waals surface area contributed by atoms with Gasteiger partial charge in [0.25, 0.3) is 0 Å². The van der Waals surface area contributed by atoms with Crippen LogP contribution in [0.15, 0.2) is 36.1 Å². The molecule has 0 saturated carbocycles. The number of allylic oxidation sites excluding steroid dienone is 1. The van der Waals surface area contributed by atoms with E-state index in [1.54, 1.807) is 18.2 Å². The Kier molecular flexibility index (Phi) is 7.04. The summed E-state index contributed by atoms with van der Waals surface area (Å²) in [6, 6.07) is 7.89. The van der Waals surface area contributed by atoms with Crippen LogP contribution < -0.4 is 0 Å². The molecule has 0 fully saturated rings. The van der Waals surface area contributed by atoms with E-state index < -0.39 is 17.7 Å². The maximum absolute atomic E-state index is 13.0. The molecule has 1 rings (SSSR count). The predicted octanol–water partition coefficient (Wildman–Crippen LogP) is 3.20. The van der Waals surface area contributed by atoms with Crippen LogP contribution in [0.2, 0.25) is 0 Å². The van der Waals surface area contributed by atoms with Crippen molar-refractivity contribution in [2.24, 2.45) is 0 Å². The van der Waals surface area contributed by atoms with Crippen molar-refractivity contribution >= 4 is 5.76 Å². The number of methoxy groups -OCH3 is 2. The second-order valence-corrected chi connectivity index (χ2v) is 3.89. The summed E-state index contributed by atoms with van der Waals surface area (Å²) in [6.07, 6.45) is -4.66. The molecule has 0 bridgehead atoms. The average molecular weight is 306 g/mol. The molecule has 0 atom stereocenters. The second-order valence-electron chi connectivity index (χ2n) is 3.89. The maximum Gasteiger partial charge on any atom is 0.452 e. The Hall–Kier alpha value is -1.73. The van der Waals surface area contributed by atoms with Crippen LogP contribution in [0.5, 0.6) is 0 Å². The van der Waals surface area contributed by atoms with E-state index in [0.29, 0.717) is 6.61 Å². The first kappa shape index (κ1) is 17.3. The first-order chi connectivity index (χ1) is 10.0. The second kappa shape index (κ2) is 8.53. The molecule has 0 amide bonds. The molecule has 118 valence electrons. The molecule has 0 unspecified atom stereocenters. The van der Waals surface area contributed by atoms with Crippen molar-refractivity contribution in [1.82, 2.24) is 0 Å². The van der Waals surface area contributed by atoms with E-state index in [1.165, 1.54) is 19.2 Å². The molecular weight excluding hydrogens is 289 g/mol. The summed E-state index contributed by atoms with van der Waals surface area (Å²) in [7, 11) is 2.44. The topological polar surface area (TPSA) is 36.9 Å². The SMILES string of the molecule is COCCOCO/C(=C(/OC)C(F)(F)F)c1ccccc1. The van der Waals surface area contributed by atoms with E-state index in [0.717, 1.165) is 7.11 Å². The van der Waals surface area contributed by atoms with Gasteiger partial charge in [0, 0.05) is 12.7 Å². The summed E-state index contributed by atoms with van der Waals surface area (Å²) in [5.41, 5.74) is 0.252. The van der Waals surface area contributed by atoms with Gasteiger partial charge >= 0.3 is 6.18 Å². The molecule has 1 aromatic rings. The van der Waals surface area contributed by atoms with Crippen LogP contribution >= 0.6 is 0 Å². The van der Waals surface area contributed by atoms with Gasteiger partial charge in [0.05, 0.1) is 20.3 Å². The number of hydrogen-bond donors (Lipinski definition) is 0. The lowest BCUT2D eigenvalue weighted by Gasteiger charge is -2.17. The quantitative estimate of drug-likeness (QED) is 0.420. The van der Waals surface area contributed by atoms with Crippen LogP contribution in [0.3, 0.4) is 0 Å². The number of alkyl halides is 3. The van der Waals surface area contributed by atoms with E-state index in [-0.39, 0.29) is 19.0 Å². The Bertz CT molecular complexity index is 443. The van der Waals surface area contributed by atoms with Gasteiger partial charge in [-0.05, 0) is 0 Å². The van der Waals surface area contributed by atoms with Gasteiger partial charge in [-0.15, -0.1) is 0 Å². The number of ether oxygens (including phenoxy) is 4. The van der Waals surface area contributed by atoms with E-state index in [2.05, 4.69) is 4.74 Å². The third kappa shape index (κ3) is 5.65. The van der Waals surface area contributed by atoms with Gasteiger partial charge in [-0.2, -0.15) is 13.2 Å². The van der Waals surface area contributed by atoms with Crippen LogP contribution in [0, 0.1) is 0 Å². The number of hydrogen-bond acceptors (Lipinski definition) is 4. The van der Waals surface area contributed by atoms with Crippen LogP contribution in [-0.2, 0) is 18.9 Å². The number of benzene rings is 1. The molecule has 0 aromatic heterocycles. The molecule has 21 heavy (non-hydrogen) atoms. The fourth-order valence-electron chi connectivity index (χ4n) is 1.51. The van der Waals surface area contributed by atoms with Crippen molar-refractivity contribution < 1.29 is 32.1 Å². The Balaban J connectivity index is 2.93. The Morgan fingerprint density at radius 1 is 1.05 bits per heavy atom. The minimum Gasteiger partial charge on any atom is -0.490 e. The highest BCUT2D eigenvalue weighted by Crippen LogP contribution is 2.33. The van der Waals surface area contributed by atoms with Crippen molar-refractivity contribution in [2.45, 2.75) is 6.18 Å². The molecule has 0 aliphatic rings. The van der Waals surface area contributed by atoms with Gasteiger partial charge in [0.1, 0.15) is 0 Å². The smallest absolute Gasteiger partial charge is 0.452 e. The monoisotopic (exact) mass is 306 g/mol. The Labute approximate surface area is 121 Å². The van der Waals surface area contributed by atoms with E-state index in [4.69, 9.17) is 14.2 Å². The summed E-state index contributed by atoms with van der Waals surface area (Å²) in [6.45, 7) is 0.202. The molecule has 1 aromatic carbocycles. The van der Waals surface area contributed by atoms with Gasteiger partial charge in [0.2, 0.25) is 5.76 Å². The third-order valence-corrected chi connectivity index (χ3v) is 2.42. The first-order valence-electron chi connectivity index (χ1n) is 6.11. The highest BCUT2D eigenvalue weighted by Gasteiger charge is 2.39. The van der Waals surface area contributed by atoms with E-state index in [1.807, 2.05) is 0 Å². The van der Waals surface area contributed by atoms with E-state index in [9.17, 15) is 13.2 Å². The highest BCUT2D eigenvalue weighted by molar-refractivity contribution is 5.62. The van der Waals surface area contributed by atoms with Crippen LogP contribution in [0.25, 0.3) is 5.76 Å². The Morgan fingerprint density at radius 3 is 2.24 bits per heavy atom. The van der Waals surface area contributed by atoms with Crippen LogP contribution in [-0.4, -0.2) is 40.4 Å². The number of rotatable bonds is 8. The summed E-state index contributed by atoms with van der Waals surface area (Å²) in [5.74, 6) is -1.62. The lowest BCUT2D eigenvalue weighted by atomic mass is 10.1. The zero-order chi connectivity index (χ0) is 15.7. The summed E-state index contributed by atoms with van der Waals surface area (Å²) < 4.78 is 58.2. The van der Waals surface area contributed by atoms with Crippen LogP contribution in [0.4, 0.5) is 13.2 Å². The maximum atomic E-state index is 13.0. The van der Waals surface area contributed by atoms with Crippen molar-refractivity contribution in [3.05, 3.63) is 41.7 Å². The fraction of sp³-hybridized carbons (Fsp3) is 0.429. The molecule has 0 heterocycles. The van der Waals surface area contributed by atoms with Crippen molar-refractivity contribution in [1.29, 1.82) is 0 Å². The fourth-order valence-corrected chi connectivity index (χ4v) is 1.51. The minimum absolute atomic E-state index is 0.215. The Morgan fingerprint density at radius 2 is 1.71 bits per heavy atom.